The zero-order valence-electron chi connectivity index (χ0n) is 11.0. The van der Waals surface area contributed by atoms with Crippen molar-refractivity contribution in [3.05, 3.63) is 35.4 Å². The molecule has 0 aromatic heterocycles. The molecule has 3 nitrogen and oxygen atoms in total. The van der Waals surface area contributed by atoms with Gasteiger partial charge in [0.1, 0.15) is 0 Å². The average molecular weight is 286 g/mol. The standard InChI is InChI=1S/C14H17F3N2O/c15-14(16,17)12-6-2-1-4-10(12)9-19-13(20)11-5-3-7-18-8-11/h1-2,4,6,11,18H,3,5,7-9H2,(H,19,20). The number of amides is 1. The molecule has 1 aromatic carbocycles. The van der Waals surface area contributed by atoms with Crippen LogP contribution in [0, 0.1) is 5.92 Å². The molecule has 1 fully saturated rings. The van der Waals surface area contributed by atoms with E-state index in [1.165, 1.54) is 12.1 Å². The summed E-state index contributed by atoms with van der Waals surface area (Å²) < 4.78 is 38.4. The Morgan fingerprint density at radius 3 is 2.75 bits per heavy atom. The van der Waals surface area contributed by atoms with E-state index >= 15 is 0 Å². The van der Waals surface area contributed by atoms with Gasteiger partial charge in [0.2, 0.25) is 5.91 Å². The average Bonchev–Trinajstić information content (AvgIpc) is 2.45. The highest BCUT2D eigenvalue weighted by Gasteiger charge is 2.33. The molecule has 0 aliphatic carbocycles. The molecule has 1 saturated heterocycles. The number of hydrogen-bond donors (Lipinski definition) is 2. The smallest absolute Gasteiger partial charge is 0.352 e. The molecule has 1 atom stereocenters. The monoisotopic (exact) mass is 286 g/mol. The van der Waals surface area contributed by atoms with Crippen molar-refractivity contribution < 1.29 is 18.0 Å². The van der Waals surface area contributed by atoms with E-state index in [-0.39, 0.29) is 23.9 Å². The Hall–Kier alpha value is -1.56. The van der Waals surface area contributed by atoms with Gasteiger partial charge < -0.3 is 10.6 Å². The Morgan fingerprint density at radius 2 is 2.10 bits per heavy atom. The van der Waals surface area contributed by atoms with Gasteiger partial charge in [-0.2, -0.15) is 13.2 Å². The number of halogens is 3. The first-order valence-electron chi connectivity index (χ1n) is 6.62. The van der Waals surface area contributed by atoms with Crippen molar-refractivity contribution in [3.63, 3.8) is 0 Å². The SMILES string of the molecule is O=C(NCc1ccccc1C(F)(F)F)C1CCCNC1. The lowest BCUT2D eigenvalue weighted by Gasteiger charge is -2.22. The molecule has 0 radical (unpaired) electrons. The van der Waals surface area contributed by atoms with Gasteiger partial charge in [0.15, 0.2) is 0 Å². The molecular weight excluding hydrogens is 269 g/mol. The van der Waals surface area contributed by atoms with Crippen molar-refractivity contribution in [3.8, 4) is 0 Å². The van der Waals surface area contributed by atoms with Crippen molar-refractivity contribution in [2.24, 2.45) is 5.92 Å². The number of hydrogen-bond acceptors (Lipinski definition) is 2. The van der Waals surface area contributed by atoms with Crippen LogP contribution in [-0.2, 0) is 17.5 Å². The highest BCUT2D eigenvalue weighted by molar-refractivity contribution is 5.79. The van der Waals surface area contributed by atoms with E-state index in [0.29, 0.717) is 6.54 Å². The molecule has 0 bridgehead atoms. The van der Waals surface area contributed by atoms with Crippen molar-refractivity contribution in [1.29, 1.82) is 0 Å². The maximum absolute atomic E-state index is 12.8. The summed E-state index contributed by atoms with van der Waals surface area (Å²) in [4.78, 5) is 11.9. The molecule has 1 amide bonds. The van der Waals surface area contributed by atoms with Gasteiger partial charge in [-0.1, -0.05) is 18.2 Å². The first-order chi connectivity index (χ1) is 9.48. The Bertz CT molecular complexity index is 468. The molecular formula is C14H17F3N2O. The van der Waals surface area contributed by atoms with Crippen LogP contribution in [0.1, 0.15) is 24.0 Å². The van der Waals surface area contributed by atoms with Crippen molar-refractivity contribution in [1.82, 2.24) is 10.6 Å². The molecule has 1 unspecified atom stereocenters. The number of piperidine rings is 1. The van der Waals surface area contributed by atoms with E-state index in [2.05, 4.69) is 10.6 Å². The van der Waals surface area contributed by atoms with E-state index in [1.807, 2.05) is 0 Å². The van der Waals surface area contributed by atoms with Gasteiger partial charge in [-0.05, 0) is 31.0 Å². The Labute approximate surface area is 115 Å². The molecule has 20 heavy (non-hydrogen) atoms. The number of rotatable bonds is 3. The van der Waals surface area contributed by atoms with Gasteiger partial charge in [0.25, 0.3) is 0 Å². The van der Waals surface area contributed by atoms with Crippen molar-refractivity contribution in [2.75, 3.05) is 13.1 Å². The summed E-state index contributed by atoms with van der Waals surface area (Å²) in [6.45, 7) is 1.39. The first-order valence-corrected chi connectivity index (χ1v) is 6.62. The van der Waals surface area contributed by atoms with Crippen LogP contribution >= 0.6 is 0 Å². The second-order valence-corrected chi connectivity index (χ2v) is 4.92. The second-order valence-electron chi connectivity index (χ2n) is 4.92. The minimum Gasteiger partial charge on any atom is -0.352 e. The maximum atomic E-state index is 12.8. The highest BCUT2D eigenvalue weighted by atomic mass is 19.4. The lowest BCUT2D eigenvalue weighted by molar-refractivity contribution is -0.138. The summed E-state index contributed by atoms with van der Waals surface area (Å²) in [6, 6.07) is 5.31. The molecule has 6 heteroatoms. The third-order valence-electron chi connectivity index (χ3n) is 3.44. The van der Waals surface area contributed by atoms with Gasteiger partial charge in [0.05, 0.1) is 11.5 Å². The minimum atomic E-state index is -4.40. The Morgan fingerprint density at radius 1 is 1.35 bits per heavy atom. The zero-order chi connectivity index (χ0) is 14.6. The number of carbonyl (C=O) groups is 1. The molecule has 1 aromatic rings. The Balaban J connectivity index is 1.98. The van der Waals surface area contributed by atoms with E-state index < -0.39 is 11.7 Å². The van der Waals surface area contributed by atoms with Crippen molar-refractivity contribution >= 4 is 5.91 Å². The zero-order valence-corrected chi connectivity index (χ0v) is 11.0. The van der Waals surface area contributed by atoms with Crippen molar-refractivity contribution in [2.45, 2.75) is 25.6 Å². The van der Waals surface area contributed by atoms with Crippen LogP contribution in [0.4, 0.5) is 13.2 Å². The molecule has 2 rings (SSSR count). The Kier molecular flexibility index (Phi) is 4.65. The number of alkyl halides is 3. The summed E-state index contributed by atoms with van der Waals surface area (Å²) in [6.07, 6.45) is -2.70. The fraction of sp³-hybridized carbons (Fsp3) is 0.500. The van der Waals surface area contributed by atoms with Crippen LogP contribution in [0.15, 0.2) is 24.3 Å². The predicted octanol–water partition coefficient (Wildman–Crippen LogP) is 2.32. The van der Waals surface area contributed by atoms with Crippen LogP contribution in [0.2, 0.25) is 0 Å². The quantitative estimate of drug-likeness (QED) is 0.895. The lowest BCUT2D eigenvalue weighted by atomic mass is 9.98. The minimum absolute atomic E-state index is 0.0922. The molecule has 110 valence electrons. The van der Waals surface area contributed by atoms with E-state index in [0.717, 1.165) is 25.5 Å². The summed E-state index contributed by atoms with van der Waals surface area (Å²) in [5.41, 5.74) is -0.598. The topological polar surface area (TPSA) is 41.1 Å². The molecule has 0 spiro atoms. The summed E-state index contributed by atoms with van der Waals surface area (Å²) in [5, 5.41) is 5.71. The molecule has 1 aliphatic heterocycles. The first kappa shape index (κ1) is 14.8. The lowest BCUT2D eigenvalue weighted by Crippen LogP contribution is -2.40. The van der Waals surface area contributed by atoms with Crippen LogP contribution in [0.5, 0.6) is 0 Å². The van der Waals surface area contributed by atoms with Crippen LogP contribution in [0.25, 0.3) is 0 Å². The summed E-state index contributed by atoms with van der Waals surface area (Å²) >= 11 is 0. The molecule has 1 aliphatic rings. The third kappa shape index (κ3) is 3.72. The van der Waals surface area contributed by atoms with Crippen LogP contribution in [0.3, 0.4) is 0 Å². The van der Waals surface area contributed by atoms with Crippen LogP contribution in [-0.4, -0.2) is 19.0 Å². The number of nitrogens with one attached hydrogen (secondary N) is 2. The van der Waals surface area contributed by atoms with E-state index in [9.17, 15) is 18.0 Å². The molecule has 0 saturated carbocycles. The van der Waals surface area contributed by atoms with E-state index in [4.69, 9.17) is 0 Å². The third-order valence-corrected chi connectivity index (χ3v) is 3.44. The van der Waals surface area contributed by atoms with Gasteiger partial charge in [0, 0.05) is 13.1 Å². The van der Waals surface area contributed by atoms with Crippen LogP contribution < -0.4 is 10.6 Å². The van der Waals surface area contributed by atoms with Gasteiger partial charge in [-0.15, -0.1) is 0 Å². The van der Waals surface area contributed by atoms with Gasteiger partial charge in [-0.25, -0.2) is 0 Å². The molecule has 2 N–H and O–H groups in total. The number of benzene rings is 1. The van der Waals surface area contributed by atoms with E-state index in [1.54, 1.807) is 6.07 Å². The summed E-state index contributed by atoms with van der Waals surface area (Å²) in [5.74, 6) is -0.337. The number of carbonyl (C=O) groups excluding carboxylic acids is 1. The normalized spacial score (nSPS) is 19.6. The highest BCUT2D eigenvalue weighted by Crippen LogP contribution is 2.31. The van der Waals surface area contributed by atoms with Gasteiger partial charge >= 0.3 is 6.18 Å². The van der Waals surface area contributed by atoms with Gasteiger partial charge in [-0.3, -0.25) is 4.79 Å². The second kappa shape index (κ2) is 6.26. The maximum Gasteiger partial charge on any atom is 0.416 e. The molecule has 1 heterocycles. The largest absolute Gasteiger partial charge is 0.416 e. The predicted molar refractivity (Wildman–Crippen MR) is 68.9 cm³/mol. The summed E-state index contributed by atoms with van der Waals surface area (Å²) in [7, 11) is 0. The fourth-order valence-electron chi connectivity index (χ4n) is 2.35. The fourth-order valence-corrected chi connectivity index (χ4v) is 2.35.